The summed E-state index contributed by atoms with van der Waals surface area (Å²) in [5, 5.41) is 68.9. The van der Waals surface area contributed by atoms with Gasteiger partial charge in [0.1, 0.15) is 46.9 Å². The number of rotatable bonds is 5. The van der Waals surface area contributed by atoms with Crippen molar-refractivity contribution in [1.82, 2.24) is 0 Å². The summed E-state index contributed by atoms with van der Waals surface area (Å²) in [5.41, 5.74) is -0.718. The zero-order valence-corrected chi connectivity index (χ0v) is 17.7. The minimum atomic E-state index is -1.76. The topological polar surface area (TPSA) is 200 Å². The molecule has 1 aromatic heterocycles. The molecule has 2 heterocycles. The summed E-state index contributed by atoms with van der Waals surface area (Å²) < 4.78 is 21.9. The quantitative estimate of drug-likeness (QED) is 0.238. The largest absolute Gasteiger partial charge is 0.508 e. The van der Waals surface area contributed by atoms with Gasteiger partial charge in [0.2, 0.25) is 17.5 Å². The lowest BCUT2D eigenvalue weighted by atomic mass is 9.99. The van der Waals surface area contributed by atoms with Crippen LogP contribution in [0.2, 0.25) is 0 Å². The minimum absolute atomic E-state index is 0.111. The molecule has 0 bridgehead atoms. The third kappa shape index (κ3) is 3.97. The van der Waals surface area contributed by atoms with Crippen molar-refractivity contribution >= 4 is 11.0 Å². The Morgan fingerprint density at radius 2 is 1.71 bits per heavy atom. The van der Waals surface area contributed by atoms with Crippen LogP contribution in [0, 0.1) is 0 Å². The van der Waals surface area contributed by atoms with E-state index in [-0.39, 0.29) is 39.5 Å². The van der Waals surface area contributed by atoms with Gasteiger partial charge in [-0.2, -0.15) is 0 Å². The fraction of sp³-hybridized carbons (Fsp3) is 0.318. The van der Waals surface area contributed by atoms with Gasteiger partial charge in [-0.15, -0.1) is 0 Å². The van der Waals surface area contributed by atoms with E-state index in [0.717, 1.165) is 18.2 Å². The SMILES string of the molecule is COc1c(-c2ccc(O)c(O)c2)oc2cc(O)cc(OC3OC(CO)C(O)C(O)C3O)c2c1=O. The van der Waals surface area contributed by atoms with E-state index in [0.29, 0.717) is 0 Å². The molecule has 0 radical (unpaired) electrons. The smallest absolute Gasteiger partial charge is 0.239 e. The molecule has 3 aromatic rings. The highest BCUT2D eigenvalue weighted by Crippen LogP contribution is 2.39. The van der Waals surface area contributed by atoms with Gasteiger partial charge >= 0.3 is 0 Å². The molecule has 0 aliphatic carbocycles. The van der Waals surface area contributed by atoms with Crippen molar-refractivity contribution in [3.8, 4) is 40.1 Å². The number of phenols is 3. The first-order valence-electron chi connectivity index (χ1n) is 10.0. The number of methoxy groups -OCH3 is 1. The first kappa shape index (κ1) is 23.6. The average Bonchev–Trinajstić information content (AvgIpc) is 2.80. The molecule has 1 fully saturated rings. The predicted molar refractivity (Wildman–Crippen MR) is 114 cm³/mol. The first-order valence-corrected chi connectivity index (χ1v) is 10.0. The van der Waals surface area contributed by atoms with E-state index in [9.17, 15) is 40.5 Å². The van der Waals surface area contributed by atoms with Crippen LogP contribution in [0.3, 0.4) is 0 Å². The van der Waals surface area contributed by atoms with Crippen LogP contribution in [0.15, 0.2) is 39.5 Å². The van der Waals surface area contributed by atoms with E-state index < -0.39 is 54.2 Å². The maximum Gasteiger partial charge on any atom is 0.239 e. The van der Waals surface area contributed by atoms with Gasteiger partial charge in [0.05, 0.1) is 13.7 Å². The highest BCUT2D eigenvalue weighted by Gasteiger charge is 2.45. The molecule has 0 amide bonds. The van der Waals surface area contributed by atoms with Crippen molar-refractivity contribution in [1.29, 1.82) is 0 Å². The Morgan fingerprint density at radius 3 is 2.35 bits per heavy atom. The van der Waals surface area contributed by atoms with E-state index in [1.807, 2.05) is 0 Å². The van der Waals surface area contributed by atoms with Crippen molar-refractivity contribution in [3.63, 3.8) is 0 Å². The first-order chi connectivity index (χ1) is 16.2. The van der Waals surface area contributed by atoms with Crippen LogP contribution in [0.4, 0.5) is 0 Å². The van der Waals surface area contributed by atoms with E-state index in [2.05, 4.69) is 0 Å². The molecule has 4 rings (SSSR count). The highest BCUT2D eigenvalue weighted by molar-refractivity contribution is 5.88. The molecule has 7 N–H and O–H groups in total. The van der Waals surface area contributed by atoms with Gasteiger partial charge in [-0.05, 0) is 18.2 Å². The van der Waals surface area contributed by atoms with Crippen molar-refractivity contribution < 1.29 is 54.4 Å². The molecule has 5 atom stereocenters. The van der Waals surface area contributed by atoms with Gasteiger partial charge in [-0.3, -0.25) is 4.79 Å². The third-order valence-corrected chi connectivity index (χ3v) is 5.44. The van der Waals surface area contributed by atoms with Crippen molar-refractivity contribution in [2.24, 2.45) is 0 Å². The summed E-state index contributed by atoms with van der Waals surface area (Å²) in [5.74, 6) is -1.95. The number of hydrogen-bond acceptors (Lipinski definition) is 12. The number of aliphatic hydroxyl groups is 4. The average molecular weight is 478 g/mol. The Kier molecular flexibility index (Phi) is 6.25. The summed E-state index contributed by atoms with van der Waals surface area (Å²) in [7, 11) is 1.21. The molecule has 1 aliphatic heterocycles. The normalized spacial score (nSPS) is 24.8. The zero-order valence-electron chi connectivity index (χ0n) is 17.7. The van der Waals surface area contributed by atoms with Gasteiger partial charge in [0, 0.05) is 17.7 Å². The Morgan fingerprint density at radius 1 is 0.971 bits per heavy atom. The van der Waals surface area contributed by atoms with E-state index >= 15 is 0 Å². The van der Waals surface area contributed by atoms with Crippen LogP contribution < -0.4 is 14.9 Å². The van der Waals surface area contributed by atoms with Crippen molar-refractivity contribution in [2.75, 3.05) is 13.7 Å². The zero-order chi connectivity index (χ0) is 24.7. The van der Waals surface area contributed by atoms with Crippen LogP contribution in [0.5, 0.6) is 28.7 Å². The van der Waals surface area contributed by atoms with Gasteiger partial charge in [0.15, 0.2) is 17.3 Å². The second-order valence-corrected chi connectivity index (χ2v) is 7.63. The molecule has 0 spiro atoms. The third-order valence-electron chi connectivity index (χ3n) is 5.44. The molecule has 1 saturated heterocycles. The van der Waals surface area contributed by atoms with Crippen molar-refractivity contribution in [2.45, 2.75) is 30.7 Å². The van der Waals surface area contributed by atoms with E-state index in [1.165, 1.54) is 19.2 Å². The summed E-state index contributed by atoms with van der Waals surface area (Å²) in [6.07, 6.45) is -7.98. The molecule has 34 heavy (non-hydrogen) atoms. The van der Waals surface area contributed by atoms with Gasteiger partial charge in [-0.25, -0.2) is 0 Å². The molecule has 1 aliphatic rings. The monoisotopic (exact) mass is 478 g/mol. The number of aromatic hydroxyl groups is 3. The molecule has 2 aromatic carbocycles. The minimum Gasteiger partial charge on any atom is -0.508 e. The number of ether oxygens (including phenoxy) is 3. The van der Waals surface area contributed by atoms with Crippen LogP contribution >= 0.6 is 0 Å². The van der Waals surface area contributed by atoms with Crippen LogP contribution in [-0.4, -0.2) is 80.2 Å². The van der Waals surface area contributed by atoms with Crippen LogP contribution in [-0.2, 0) is 4.74 Å². The maximum atomic E-state index is 13.3. The second-order valence-electron chi connectivity index (χ2n) is 7.63. The van der Waals surface area contributed by atoms with Crippen LogP contribution in [0.1, 0.15) is 0 Å². The summed E-state index contributed by atoms with van der Waals surface area (Å²) in [6, 6.07) is 5.88. The Bertz CT molecular complexity index is 1270. The maximum absolute atomic E-state index is 13.3. The summed E-state index contributed by atoms with van der Waals surface area (Å²) in [6.45, 7) is -0.690. The molecule has 12 heteroatoms. The lowest BCUT2D eigenvalue weighted by Crippen LogP contribution is -2.60. The summed E-state index contributed by atoms with van der Waals surface area (Å²) >= 11 is 0. The van der Waals surface area contributed by atoms with Crippen LogP contribution in [0.25, 0.3) is 22.3 Å². The fourth-order valence-corrected chi connectivity index (χ4v) is 3.68. The Labute approximate surface area is 191 Å². The van der Waals surface area contributed by atoms with E-state index in [4.69, 9.17) is 18.6 Å². The predicted octanol–water partition coefficient (Wildman–Crippen LogP) is -0.236. The Hall–Kier alpha value is -3.55. The molecular formula is C22H22O12. The lowest BCUT2D eigenvalue weighted by Gasteiger charge is -2.39. The number of fused-ring (bicyclic) bond motifs is 1. The molecule has 182 valence electrons. The number of hydrogen-bond donors (Lipinski definition) is 7. The van der Waals surface area contributed by atoms with E-state index in [1.54, 1.807) is 0 Å². The van der Waals surface area contributed by atoms with Gasteiger partial charge in [0.25, 0.3) is 0 Å². The lowest BCUT2D eigenvalue weighted by molar-refractivity contribution is -0.277. The van der Waals surface area contributed by atoms with Crippen molar-refractivity contribution in [3.05, 3.63) is 40.6 Å². The fourth-order valence-electron chi connectivity index (χ4n) is 3.68. The van der Waals surface area contributed by atoms with Gasteiger partial charge in [-0.1, -0.05) is 0 Å². The highest BCUT2D eigenvalue weighted by atomic mass is 16.7. The Balaban J connectivity index is 1.85. The second kappa shape index (κ2) is 9.00. The molecule has 0 saturated carbocycles. The van der Waals surface area contributed by atoms with Gasteiger partial charge < -0.3 is 54.4 Å². The molecule has 12 nitrogen and oxygen atoms in total. The molecular weight excluding hydrogens is 456 g/mol. The number of phenolic OH excluding ortho intramolecular Hbond substituents is 3. The number of aliphatic hydroxyl groups excluding tert-OH is 4. The summed E-state index contributed by atoms with van der Waals surface area (Å²) in [4.78, 5) is 13.3. The molecule has 5 unspecified atom stereocenters. The number of benzene rings is 2. The standard InChI is InChI=1S/C22H22O12/c1-31-21-17(28)15-12(32-20(21)8-2-3-10(25)11(26)4-8)5-9(24)6-13(15)33-22-19(30)18(29)16(27)14(7-23)34-22/h2-6,14,16,18-19,22-27,29-30H,7H2,1H3.